The van der Waals surface area contributed by atoms with Gasteiger partial charge in [-0.25, -0.2) is 19.7 Å². The molecular weight excluding hydrogens is 292 g/mol. The summed E-state index contributed by atoms with van der Waals surface area (Å²) in [6.07, 6.45) is 3.20. The van der Waals surface area contributed by atoms with Crippen LogP contribution in [0.4, 0.5) is 15.7 Å². The normalized spacial score (nSPS) is 10.1. The van der Waals surface area contributed by atoms with Crippen molar-refractivity contribution in [3.8, 4) is 0 Å². The van der Waals surface area contributed by atoms with Crippen molar-refractivity contribution < 1.29 is 4.79 Å². The van der Waals surface area contributed by atoms with E-state index in [1.165, 1.54) is 16.2 Å². The SMILES string of the molecule is NC(=O)N(c1ccccn1)c1ncc(Br)s1. The van der Waals surface area contributed by atoms with E-state index in [9.17, 15) is 4.79 Å². The van der Waals surface area contributed by atoms with Crippen molar-refractivity contribution >= 4 is 44.2 Å². The van der Waals surface area contributed by atoms with Crippen LogP contribution in [-0.2, 0) is 0 Å². The predicted molar refractivity (Wildman–Crippen MR) is 65.8 cm³/mol. The molecule has 0 spiro atoms. The van der Waals surface area contributed by atoms with Gasteiger partial charge in [0.25, 0.3) is 0 Å². The van der Waals surface area contributed by atoms with Gasteiger partial charge in [-0.3, -0.25) is 0 Å². The highest BCUT2D eigenvalue weighted by molar-refractivity contribution is 9.11. The van der Waals surface area contributed by atoms with Gasteiger partial charge in [-0.05, 0) is 28.1 Å². The number of carbonyl (C=O) groups is 1. The van der Waals surface area contributed by atoms with Gasteiger partial charge in [-0.15, -0.1) is 0 Å². The van der Waals surface area contributed by atoms with Crippen LogP contribution in [0.2, 0.25) is 0 Å². The number of anilines is 2. The standard InChI is InChI=1S/C9H7BrN4OS/c10-6-5-13-9(16-6)14(8(11)15)7-3-1-2-4-12-7/h1-5H,(H2,11,15). The molecule has 0 saturated heterocycles. The fourth-order valence-electron chi connectivity index (χ4n) is 1.14. The number of urea groups is 1. The molecule has 0 bridgehead atoms. The summed E-state index contributed by atoms with van der Waals surface area (Å²) < 4.78 is 0.824. The van der Waals surface area contributed by atoms with E-state index in [4.69, 9.17) is 5.73 Å². The van der Waals surface area contributed by atoms with Crippen LogP contribution in [0, 0.1) is 0 Å². The number of rotatable bonds is 2. The summed E-state index contributed by atoms with van der Waals surface area (Å²) in [6, 6.07) is 4.63. The number of primary amides is 1. The zero-order valence-corrected chi connectivity index (χ0v) is 10.4. The highest BCUT2D eigenvalue weighted by Crippen LogP contribution is 2.30. The number of nitrogens with zero attached hydrogens (tertiary/aromatic N) is 3. The Balaban J connectivity index is 2.43. The zero-order chi connectivity index (χ0) is 11.5. The smallest absolute Gasteiger partial charge is 0.326 e. The lowest BCUT2D eigenvalue weighted by Gasteiger charge is -2.15. The summed E-state index contributed by atoms with van der Waals surface area (Å²) in [5.74, 6) is 0.455. The van der Waals surface area contributed by atoms with Crippen LogP contribution in [-0.4, -0.2) is 16.0 Å². The summed E-state index contributed by atoms with van der Waals surface area (Å²) >= 11 is 4.59. The molecule has 0 atom stereocenters. The lowest BCUT2D eigenvalue weighted by molar-refractivity contribution is 0.256. The number of thiazole rings is 1. The Labute approximate surface area is 104 Å². The van der Waals surface area contributed by atoms with Crippen LogP contribution in [0.15, 0.2) is 34.4 Å². The molecule has 0 fully saturated rings. The Morgan fingerprint density at radius 2 is 2.25 bits per heavy atom. The maximum atomic E-state index is 11.4. The Kier molecular flexibility index (Phi) is 3.16. The summed E-state index contributed by atoms with van der Waals surface area (Å²) in [4.78, 5) is 20.8. The van der Waals surface area contributed by atoms with Crippen molar-refractivity contribution in [1.29, 1.82) is 0 Å². The molecule has 0 aliphatic heterocycles. The summed E-state index contributed by atoms with van der Waals surface area (Å²) in [5.41, 5.74) is 5.31. The average molecular weight is 299 g/mol. The molecule has 2 heterocycles. The minimum atomic E-state index is -0.611. The van der Waals surface area contributed by atoms with E-state index >= 15 is 0 Å². The maximum absolute atomic E-state index is 11.4. The van der Waals surface area contributed by atoms with Gasteiger partial charge in [0, 0.05) is 6.20 Å². The van der Waals surface area contributed by atoms with Gasteiger partial charge in [0.1, 0.15) is 5.82 Å². The quantitative estimate of drug-likeness (QED) is 0.926. The predicted octanol–water partition coefficient (Wildman–Crippen LogP) is 2.52. The third kappa shape index (κ3) is 2.20. The van der Waals surface area contributed by atoms with E-state index < -0.39 is 6.03 Å². The van der Waals surface area contributed by atoms with Crippen LogP contribution in [0.25, 0.3) is 0 Å². The zero-order valence-electron chi connectivity index (χ0n) is 8.00. The summed E-state index contributed by atoms with van der Waals surface area (Å²) in [5, 5.41) is 0.484. The molecule has 82 valence electrons. The molecule has 5 nitrogen and oxygen atoms in total. The van der Waals surface area contributed by atoms with Crippen LogP contribution >= 0.6 is 27.3 Å². The summed E-state index contributed by atoms with van der Waals surface area (Å²) in [6.45, 7) is 0. The Hall–Kier alpha value is -1.47. The van der Waals surface area contributed by atoms with Crippen LogP contribution in [0.5, 0.6) is 0 Å². The number of halogens is 1. The molecule has 0 saturated carbocycles. The largest absolute Gasteiger partial charge is 0.351 e. The number of amides is 2. The first-order chi connectivity index (χ1) is 7.68. The molecular formula is C9H7BrN4OS. The van der Waals surface area contributed by atoms with Crippen molar-refractivity contribution in [2.45, 2.75) is 0 Å². The number of carbonyl (C=O) groups excluding carboxylic acids is 1. The molecule has 0 aliphatic rings. The molecule has 0 aliphatic carbocycles. The van der Waals surface area contributed by atoms with Gasteiger partial charge in [-0.2, -0.15) is 0 Å². The molecule has 0 unspecified atom stereocenters. The van der Waals surface area contributed by atoms with Gasteiger partial charge in [-0.1, -0.05) is 17.4 Å². The molecule has 2 rings (SSSR count). The van der Waals surface area contributed by atoms with E-state index in [1.54, 1.807) is 30.6 Å². The Morgan fingerprint density at radius 3 is 2.75 bits per heavy atom. The van der Waals surface area contributed by atoms with Crippen molar-refractivity contribution in [3.05, 3.63) is 34.4 Å². The first-order valence-electron chi connectivity index (χ1n) is 4.30. The number of hydrogen-bond acceptors (Lipinski definition) is 4. The van der Waals surface area contributed by atoms with Gasteiger partial charge in [0.15, 0.2) is 0 Å². The molecule has 0 aromatic carbocycles. The molecule has 2 N–H and O–H groups in total. The van der Waals surface area contributed by atoms with Gasteiger partial charge < -0.3 is 5.73 Å². The Bertz CT molecular complexity index is 501. The second kappa shape index (κ2) is 4.58. The highest BCUT2D eigenvalue weighted by atomic mass is 79.9. The third-order valence-corrected chi connectivity index (χ3v) is 3.22. The molecule has 2 amide bonds. The van der Waals surface area contributed by atoms with E-state index in [2.05, 4.69) is 25.9 Å². The van der Waals surface area contributed by atoms with Gasteiger partial charge >= 0.3 is 6.03 Å². The van der Waals surface area contributed by atoms with Crippen molar-refractivity contribution in [3.63, 3.8) is 0 Å². The fraction of sp³-hybridized carbons (Fsp3) is 0. The van der Waals surface area contributed by atoms with Crippen LogP contribution in [0.3, 0.4) is 0 Å². The maximum Gasteiger partial charge on any atom is 0.326 e. The lowest BCUT2D eigenvalue weighted by atomic mass is 10.4. The van der Waals surface area contributed by atoms with E-state index in [0.29, 0.717) is 10.9 Å². The van der Waals surface area contributed by atoms with Gasteiger partial charge in [0.05, 0.1) is 9.98 Å². The first-order valence-corrected chi connectivity index (χ1v) is 5.91. The fourth-order valence-corrected chi connectivity index (χ4v) is 2.34. The Morgan fingerprint density at radius 1 is 1.44 bits per heavy atom. The van der Waals surface area contributed by atoms with E-state index in [0.717, 1.165) is 3.79 Å². The number of hydrogen-bond donors (Lipinski definition) is 1. The second-order valence-corrected chi connectivity index (χ2v) is 5.20. The van der Waals surface area contributed by atoms with E-state index in [-0.39, 0.29) is 0 Å². The molecule has 2 aromatic heterocycles. The topological polar surface area (TPSA) is 72.1 Å². The first kappa shape index (κ1) is 11.0. The summed E-state index contributed by atoms with van der Waals surface area (Å²) in [7, 11) is 0. The van der Waals surface area contributed by atoms with E-state index in [1.807, 2.05) is 0 Å². The number of nitrogens with two attached hydrogens (primary N) is 1. The van der Waals surface area contributed by atoms with Crippen molar-refractivity contribution in [1.82, 2.24) is 9.97 Å². The van der Waals surface area contributed by atoms with Crippen LogP contribution < -0.4 is 10.6 Å². The monoisotopic (exact) mass is 298 g/mol. The molecule has 2 aromatic rings. The minimum Gasteiger partial charge on any atom is -0.351 e. The molecule has 7 heteroatoms. The van der Waals surface area contributed by atoms with Crippen LogP contribution in [0.1, 0.15) is 0 Å². The van der Waals surface area contributed by atoms with Gasteiger partial charge in [0.2, 0.25) is 5.13 Å². The lowest BCUT2D eigenvalue weighted by Crippen LogP contribution is -2.31. The average Bonchev–Trinajstić information content (AvgIpc) is 2.66. The van der Waals surface area contributed by atoms with Crippen molar-refractivity contribution in [2.75, 3.05) is 4.90 Å². The van der Waals surface area contributed by atoms with Crippen molar-refractivity contribution in [2.24, 2.45) is 5.73 Å². The number of pyridine rings is 1. The second-order valence-electron chi connectivity index (χ2n) is 2.81. The highest BCUT2D eigenvalue weighted by Gasteiger charge is 2.19. The molecule has 16 heavy (non-hydrogen) atoms. The minimum absolute atomic E-state index is 0.455. The third-order valence-electron chi connectivity index (χ3n) is 1.76. The number of aromatic nitrogens is 2. The molecule has 0 radical (unpaired) electrons.